The van der Waals surface area contributed by atoms with Crippen molar-refractivity contribution in [3.63, 3.8) is 0 Å². The van der Waals surface area contributed by atoms with E-state index in [1.54, 1.807) is 0 Å². The number of hydrogen-bond donors (Lipinski definition) is 1. The van der Waals surface area contributed by atoms with Gasteiger partial charge in [-0.05, 0) is 38.2 Å². The molecule has 0 bridgehead atoms. The van der Waals surface area contributed by atoms with Crippen LogP contribution in [0.15, 0.2) is 11.0 Å². The fourth-order valence-electron chi connectivity index (χ4n) is 0.931. The molecule has 0 aliphatic carbocycles. The van der Waals surface area contributed by atoms with Gasteiger partial charge < -0.3 is 4.55 Å². The molecule has 1 heterocycles. The molecule has 76 valence electrons. The Morgan fingerprint density at radius 1 is 1.62 bits per heavy atom. The summed E-state index contributed by atoms with van der Waals surface area (Å²) in [6.45, 7) is 6.71. The molecule has 1 atom stereocenters. The maximum Gasteiger partial charge on any atom is 0.136 e. The van der Waals surface area contributed by atoms with Gasteiger partial charge in [-0.25, -0.2) is 0 Å². The van der Waals surface area contributed by atoms with Crippen LogP contribution in [0.4, 0.5) is 0 Å². The topological polar surface area (TPSA) is 35.1 Å². The van der Waals surface area contributed by atoms with Gasteiger partial charge in [-0.2, -0.15) is 0 Å². The molecule has 0 saturated heterocycles. The van der Waals surface area contributed by atoms with Crippen molar-refractivity contribution in [3.8, 4) is 0 Å². The van der Waals surface area contributed by atoms with Crippen LogP contribution >= 0.6 is 11.8 Å². The van der Waals surface area contributed by atoms with E-state index in [4.69, 9.17) is 0 Å². The molecule has 0 spiro atoms. The summed E-state index contributed by atoms with van der Waals surface area (Å²) in [7, 11) is 0. The lowest BCUT2D eigenvalue weighted by atomic mass is 10.2. The number of hydrogen-bond acceptors (Lipinski definition) is 3. The molecular weight excluding hydrogens is 202 g/mol. The second kappa shape index (κ2) is 4.73. The summed E-state index contributed by atoms with van der Waals surface area (Å²) < 4.78 is 14.5. The Morgan fingerprint density at radius 3 is 2.77 bits per heavy atom. The van der Waals surface area contributed by atoms with Crippen molar-refractivity contribution in [1.29, 1.82) is 0 Å². The zero-order valence-electron chi connectivity index (χ0n) is 8.42. The van der Waals surface area contributed by atoms with Crippen LogP contribution in [0.5, 0.6) is 0 Å². The van der Waals surface area contributed by atoms with Crippen LogP contribution in [-0.4, -0.2) is 21.6 Å². The van der Waals surface area contributed by atoms with Crippen molar-refractivity contribution < 1.29 is 4.55 Å². The first-order chi connectivity index (χ1) is 6.00. The molecule has 0 aromatic carbocycles. The van der Waals surface area contributed by atoms with E-state index in [0.29, 0.717) is 0 Å². The monoisotopic (exact) mass is 219 g/mol. The lowest BCUT2D eigenvalue weighted by Gasteiger charge is -2.23. The summed E-state index contributed by atoms with van der Waals surface area (Å²) in [5.41, 5.74) is 1.38. The highest BCUT2D eigenvalue weighted by Crippen LogP contribution is 2.21. The van der Waals surface area contributed by atoms with Gasteiger partial charge in [-0.3, -0.25) is 0 Å². The highest BCUT2D eigenvalue weighted by atomic mass is 32.2. The molecule has 2 nitrogen and oxygen atoms in total. The molecule has 0 fully saturated rings. The highest BCUT2D eigenvalue weighted by molar-refractivity contribution is 8.02. The van der Waals surface area contributed by atoms with E-state index >= 15 is 0 Å². The minimum atomic E-state index is -0.933. The van der Waals surface area contributed by atoms with Crippen molar-refractivity contribution in [2.24, 2.45) is 0 Å². The van der Waals surface area contributed by atoms with E-state index in [1.807, 2.05) is 32.5 Å². The summed E-state index contributed by atoms with van der Waals surface area (Å²) in [6.07, 6.45) is 1.14. The standard InChI is InChI=1S/C9H17NOS2/c1-9(2,3)13(11)10-6-8-4-5-12-7-8/h7,10H,4-6H2,1-3H3/t13-/m1/s1. The predicted octanol–water partition coefficient (Wildman–Crippen LogP) is 2.06. The Labute approximate surface area is 87.9 Å². The van der Waals surface area contributed by atoms with E-state index in [2.05, 4.69) is 10.1 Å². The van der Waals surface area contributed by atoms with Crippen molar-refractivity contribution in [1.82, 2.24) is 4.72 Å². The maximum absolute atomic E-state index is 11.6. The van der Waals surface area contributed by atoms with Gasteiger partial charge in [0.1, 0.15) is 4.75 Å². The quantitative estimate of drug-likeness (QED) is 0.738. The molecule has 0 aromatic heterocycles. The molecule has 1 rings (SSSR count). The van der Waals surface area contributed by atoms with Gasteiger partial charge in [0, 0.05) is 17.1 Å². The van der Waals surface area contributed by atoms with E-state index in [1.165, 1.54) is 11.3 Å². The third-order valence-corrected chi connectivity index (χ3v) is 4.24. The van der Waals surface area contributed by atoms with Crippen LogP contribution in [0.1, 0.15) is 27.2 Å². The molecule has 0 amide bonds. The zero-order valence-corrected chi connectivity index (χ0v) is 10.1. The first kappa shape index (κ1) is 11.4. The first-order valence-electron chi connectivity index (χ1n) is 4.45. The fourth-order valence-corrected chi connectivity index (χ4v) is 2.61. The SMILES string of the molecule is CC(C)(C)[S@@+]([O-])NCC1=CSCC1. The lowest BCUT2D eigenvalue weighted by molar-refractivity contribution is 0.547. The van der Waals surface area contributed by atoms with Crippen LogP contribution in [0.3, 0.4) is 0 Å². The van der Waals surface area contributed by atoms with Gasteiger partial charge in [0.15, 0.2) is 0 Å². The molecule has 1 N–H and O–H groups in total. The third kappa shape index (κ3) is 3.94. The Balaban J connectivity index is 2.25. The lowest BCUT2D eigenvalue weighted by Crippen LogP contribution is -2.40. The molecule has 0 unspecified atom stereocenters. The number of rotatable bonds is 3. The fraction of sp³-hybridized carbons (Fsp3) is 0.778. The van der Waals surface area contributed by atoms with Gasteiger partial charge in [-0.1, -0.05) is 0 Å². The normalized spacial score (nSPS) is 20.2. The van der Waals surface area contributed by atoms with Gasteiger partial charge in [0.2, 0.25) is 0 Å². The zero-order chi connectivity index (χ0) is 9.90. The van der Waals surface area contributed by atoms with Crippen molar-refractivity contribution in [3.05, 3.63) is 11.0 Å². The Hall–Kier alpha value is 0.360. The second-order valence-corrected chi connectivity index (χ2v) is 7.13. The average molecular weight is 219 g/mol. The Kier molecular flexibility index (Phi) is 4.16. The Bertz CT molecular complexity index is 198. The average Bonchev–Trinajstić information content (AvgIpc) is 2.50. The van der Waals surface area contributed by atoms with Gasteiger partial charge in [0.25, 0.3) is 0 Å². The number of nitrogens with one attached hydrogen (secondary N) is 1. The van der Waals surface area contributed by atoms with Crippen LogP contribution in [0.25, 0.3) is 0 Å². The van der Waals surface area contributed by atoms with Crippen LogP contribution < -0.4 is 4.72 Å². The summed E-state index contributed by atoms with van der Waals surface area (Å²) in [4.78, 5) is 0. The minimum absolute atomic E-state index is 0.160. The van der Waals surface area contributed by atoms with Crippen molar-refractivity contribution in [2.45, 2.75) is 31.9 Å². The van der Waals surface area contributed by atoms with E-state index in [9.17, 15) is 4.55 Å². The summed E-state index contributed by atoms with van der Waals surface area (Å²) in [6, 6.07) is 0. The van der Waals surface area contributed by atoms with Crippen molar-refractivity contribution >= 4 is 23.1 Å². The van der Waals surface area contributed by atoms with Gasteiger partial charge >= 0.3 is 0 Å². The molecule has 13 heavy (non-hydrogen) atoms. The molecule has 0 radical (unpaired) electrons. The molecule has 1 aliphatic rings. The largest absolute Gasteiger partial charge is 0.598 e. The maximum atomic E-state index is 11.6. The second-order valence-electron chi connectivity index (χ2n) is 4.10. The molecule has 0 aromatic rings. The summed E-state index contributed by atoms with van der Waals surface area (Å²) >= 11 is 0.907. The molecule has 1 aliphatic heterocycles. The van der Waals surface area contributed by atoms with E-state index in [0.717, 1.165) is 13.0 Å². The summed E-state index contributed by atoms with van der Waals surface area (Å²) in [5.74, 6) is 1.18. The van der Waals surface area contributed by atoms with Gasteiger partial charge in [-0.15, -0.1) is 16.5 Å². The molecular formula is C9H17NOS2. The summed E-state index contributed by atoms with van der Waals surface area (Å²) in [5, 5.41) is 2.17. The minimum Gasteiger partial charge on any atom is -0.598 e. The van der Waals surface area contributed by atoms with Crippen LogP contribution in [-0.2, 0) is 11.4 Å². The Morgan fingerprint density at radius 2 is 2.31 bits per heavy atom. The number of thioether (sulfide) groups is 1. The van der Waals surface area contributed by atoms with Crippen molar-refractivity contribution in [2.75, 3.05) is 12.3 Å². The van der Waals surface area contributed by atoms with E-state index in [-0.39, 0.29) is 4.75 Å². The van der Waals surface area contributed by atoms with Crippen LogP contribution in [0, 0.1) is 0 Å². The predicted molar refractivity (Wildman–Crippen MR) is 61.1 cm³/mol. The molecule has 0 saturated carbocycles. The van der Waals surface area contributed by atoms with Gasteiger partial charge in [0.05, 0.1) is 6.54 Å². The highest BCUT2D eigenvalue weighted by Gasteiger charge is 2.26. The molecule has 4 heteroatoms. The first-order valence-corrected chi connectivity index (χ1v) is 6.65. The van der Waals surface area contributed by atoms with E-state index < -0.39 is 11.4 Å². The smallest absolute Gasteiger partial charge is 0.136 e. The van der Waals surface area contributed by atoms with Crippen LogP contribution in [0.2, 0.25) is 0 Å². The third-order valence-electron chi connectivity index (χ3n) is 1.78.